The van der Waals surface area contributed by atoms with Gasteiger partial charge in [0.1, 0.15) is 28.1 Å². The number of halogens is 3. The maximum atomic E-state index is 14.4. The van der Waals surface area contributed by atoms with E-state index in [1.54, 1.807) is 48.5 Å². The molecule has 7 rings (SSSR count). The van der Waals surface area contributed by atoms with Crippen molar-refractivity contribution in [3.8, 4) is 11.5 Å². The molecule has 50 heavy (non-hydrogen) atoms. The number of benzene rings is 3. The summed E-state index contributed by atoms with van der Waals surface area (Å²) in [5, 5.41) is 12.1. The van der Waals surface area contributed by atoms with Crippen molar-refractivity contribution in [1.29, 1.82) is 0 Å². The van der Waals surface area contributed by atoms with Gasteiger partial charge in [-0.25, -0.2) is 14.0 Å². The fraction of sp³-hybridized carbons (Fsp3) is 0.324. The van der Waals surface area contributed by atoms with Crippen molar-refractivity contribution in [2.75, 3.05) is 38.8 Å². The number of rotatable bonds is 11. The van der Waals surface area contributed by atoms with Crippen LogP contribution in [0.25, 0.3) is 0 Å². The van der Waals surface area contributed by atoms with Gasteiger partial charge in [0, 0.05) is 18.5 Å². The number of pyridine rings is 1. The van der Waals surface area contributed by atoms with Crippen molar-refractivity contribution < 1.29 is 37.7 Å². The van der Waals surface area contributed by atoms with Crippen LogP contribution >= 0.6 is 23.2 Å². The van der Waals surface area contributed by atoms with E-state index in [-0.39, 0.29) is 40.6 Å². The number of hydrogen-bond acceptors (Lipinski definition) is 8. The third kappa shape index (κ3) is 8.07. The number of methoxy groups -OCH3 is 2. The van der Waals surface area contributed by atoms with Gasteiger partial charge in [-0.3, -0.25) is 9.80 Å². The zero-order valence-corrected chi connectivity index (χ0v) is 29.0. The van der Waals surface area contributed by atoms with E-state index < -0.39 is 24.0 Å². The van der Waals surface area contributed by atoms with E-state index in [0.717, 1.165) is 25.9 Å². The normalized spacial score (nSPS) is 18.6. The molecule has 262 valence electrons. The number of anilines is 1. The number of amides is 1. The molecule has 0 N–H and O–H groups in total. The first kappa shape index (κ1) is 35.3. The zero-order valence-electron chi connectivity index (χ0n) is 27.5. The molecule has 13 heteroatoms. The summed E-state index contributed by atoms with van der Waals surface area (Å²) >= 11 is 12.8. The summed E-state index contributed by atoms with van der Waals surface area (Å²) in [6, 6.07) is 17.5. The molecule has 0 aliphatic carbocycles. The van der Waals surface area contributed by atoms with Gasteiger partial charge in [-0.15, -0.1) is 0 Å². The number of hydrogen-bond donors (Lipinski definition) is 0. The highest BCUT2D eigenvalue weighted by Gasteiger charge is 2.37. The predicted octanol–water partition coefficient (Wildman–Crippen LogP) is 7.16. The molecule has 0 unspecified atom stereocenters. The fourth-order valence-electron chi connectivity index (χ4n) is 6.51. The van der Waals surface area contributed by atoms with E-state index in [4.69, 9.17) is 42.1 Å². The Bertz CT molecular complexity index is 1850. The van der Waals surface area contributed by atoms with Crippen molar-refractivity contribution in [2.24, 2.45) is 5.92 Å². The second kappa shape index (κ2) is 15.5. The maximum Gasteiger partial charge on any atom is 0.414 e. The Hall–Kier alpha value is -4.58. The summed E-state index contributed by atoms with van der Waals surface area (Å²) in [6.45, 7) is 2.67. The number of nitrogens with zero attached hydrogens (tertiary/aromatic N) is 3. The molecular formula is C37H36Cl2FN3O7. The lowest BCUT2D eigenvalue weighted by Gasteiger charge is -2.44. The first-order valence-electron chi connectivity index (χ1n) is 16.2. The van der Waals surface area contributed by atoms with Crippen molar-refractivity contribution in [3.05, 3.63) is 122 Å². The number of carbonyl (C=O) groups excluding carboxylic acids is 2. The molecule has 10 nitrogen and oxygen atoms in total. The molecule has 1 aromatic heterocycles. The van der Waals surface area contributed by atoms with Crippen LogP contribution in [0.15, 0.2) is 79.1 Å². The third-order valence-electron chi connectivity index (χ3n) is 9.17. The minimum absolute atomic E-state index is 0.00798. The fourth-order valence-corrected chi connectivity index (χ4v) is 7.11. The van der Waals surface area contributed by atoms with Gasteiger partial charge in [0.05, 0.1) is 32.0 Å². The monoisotopic (exact) mass is 723 g/mol. The number of carbonyl (C=O) groups is 2. The number of ether oxygens (including phenoxy) is 4. The van der Waals surface area contributed by atoms with Gasteiger partial charge in [-0.05, 0) is 85.4 Å². The molecule has 2 atom stereocenters. The summed E-state index contributed by atoms with van der Waals surface area (Å²) in [5.74, 6) is 0.0216. The lowest BCUT2D eigenvalue weighted by molar-refractivity contribution is -0.605. The summed E-state index contributed by atoms with van der Waals surface area (Å²) in [4.78, 5) is 31.1. The van der Waals surface area contributed by atoms with Crippen LogP contribution in [0.3, 0.4) is 0 Å². The largest absolute Gasteiger partial charge is 0.619 e. The van der Waals surface area contributed by atoms with E-state index in [2.05, 4.69) is 4.90 Å². The first-order valence-corrected chi connectivity index (χ1v) is 16.9. The van der Waals surface area contributed by atoms with E-state index in [9.17, 15) is 19.2 Å². The maximum absolute atomic E-state index is 14.4. The highest BCUT2D eigenvalue weighted by molar-refractivity contribution is 6.35. The van der Waals surface area contributed by atoms with Crippen LogP contribution in [0.5, 0.6) is 11.5 Å². The molecule has 0 spiro atoms. The molecular weight excluding hydrogens is 688 g/mol. The van der Waals surface area contributed by atoms with Crippen LogP contribution in [-0.4, -0.2) is 56.9 Å². The second-order valence-electron chi connectivity index (χ2n) is 12.3. The molecule has 1 amide bonds. The quantitative estimate of drug-likeness (QED) is 0.0913. The highest BCUT2D eigenvalue weighted by Crippen LogP contribution is 2.36. The smallest absolute Gasteiger partial charge is 0.414 e. The Labute approximate surface area is 299 Å². The SMILES string of the molecule is COc1ccc([C@H](Cc2c(Cl)c[n+]([O-])cc2Cl)OC(=O)c2cccc(CN(C(=O)O[C@H]3CN4CCC3CC4)c3cccc(F)c3)c2)cc1OC. The van der Waals surface area contributed by atoms with E-state index in [0.29, 0.717) is 45.2 Å². The van der Waals surface area contributed by atoms with Gasteiger partial charge >= 0.3 is 12.1 Å². The van der Waals surface area contributed by atoms with Crippen molar-refractivity contribution in [3.63, 3.8) is 0 Å². The summed E-state index contributed by atoms with van der Waals surface area (Å²) in [7, 11) is 3.00. The van der Waals surface area contributed by atoms with Crippen molar-refractivity contribution >= 4 is 41.0 Å². The van der Waals surface area contributed by atoms with E-state index in [1.807, 2.05) is 0 Å². The van der Waals surface area contributed by atoms with Gasteiger partial charge in [-0.1, -0.05) is 47.5 Å². The van der Waals surface area contributed by atoms with Crippen molar-refractivity contribution in [1.82, 2.24) is 4.90 Å². The van der Waals surface area contributed by atoms with Crippen LogP contribution in [-0.2, 0) is 22.4 Å². The average molecular weight is 725 g/mol. The molecule has 4 heterocycles. The second-order valence-corrected chi connectivity index (χ2v) is 13.1. The molecule has 4 aromatic rings. The van der Waals surface area contributed by atoms with Gasteiger partial charge in [0.2, 0.25) is 0 Å². The van der Waals surface area contributed by atoms with Crippen LogP contribution in [0.4, 0.5) is 14.9 Å². The number of piperidine rings is 3. The molecule has 3 aliphatic heterocycles. The molecule has 3 aliphatic rings. The Morgan fingerprint density at radius 2 is 1.70 bits per heavy atom. The van der Waals surface area contributed by atoms with Gasteiger partial charge < -0.3 is 24.2 Å². The molecule has 0 radical (unpaired) electrons. The summed E-state index contributed by atoms with van der Waals surface area (Å²) < 4.78 is 37.8. The number of esters is 1. The lowest BCUT2D eigenvalue weighted by atomic mass is 9.86. The van der Waals surface area contributed by atoms with Crippen LogP contribution in [0, 0.1) is 16.9 Å². The number of fused-ring (bicyclic) bond motifs is 3. The Balaban J connectivity index is 1.26. The third-order valence-corrected chi connectivity index (χ3v) is 9.82. The number of aromatic nitrogens is 1. The summed E-state index contributed by atoms with van der Waals surface area (Å²) in [5.41, 5.74) is 2.10. The topological polar surface area (TPSA) is 104 Å². The Kier molecular flexibility index (Phi) is 11.0. The summed E-state index contributed by atoms with van der Waals surface area (Å²) in [6.07, 6.45) is 2.56. The van der Waals surface area contributed by atoms with Gasteiger partial charge in [0.15, 0.2) is 23.9 Å². The van der Waals surface area contributed by atoms with Crippen LogP contribution < -0.4 is 19.1 Å². The van der Waals surface area contributed by atoms with E-state index >= 15 is 0 Å². The molecule has 3 fully saturated rings. The minimum Gasteiger partial charge on any atom is -0.619 e. The standard InChI is InChI=1S/C37H36Cl2FN3O7/c1-47-32-10-9-25(16-34(32)48-2)33(18-29-30(38)20-42(46)21-31(29)39)49-36(44)26-6-3-5-23(15-26)19-43(28-8-4-7-27(40)17-28)37(45)50-35-22-41-13-11-24(35)12-14-41/h3-10,15-17,20-21,24,33,35H,11-14,18-19,22H2,1-2H3/t33-,35-/m0/s1. The van der Waals surface area contributed by atoms with Crippen LogP contribution in [0.2, 0.25) is 10.0 Å². The van der Waals surface area contributed by atoms with Crippen LogP contribution in [0.1, 0.15) is 46.0 Å². The van der Waals surface area contributed by atoms with Crippen molar-refractivity contribution in [2.45, 2.75) is 38.0 Å². The zero-order chi connectivity index (χ0) is 35.4. The van der Waals surface area contributed by atoms with Gasteiger partial charge in [0.25, 0.3) is 0 Å². The molecule has 0 saturated carbocycles. The minimum atomic E-state index is -0.913. The predicted molar refractivity (Wildman–Crippen MR) is 185 cm³/mol. The Morgan fingerprint density at radius 3 is 2.36 bits per heavy atom. The van der Waals surface area contributed by atoms with Gasteiger partial charge in [-0.2, -0.15) is 4.73 Å². The Morgan fingerprint density at radius 1 is 0.980 bits per heavy atom. The average Bonchev–Trinajstić information content (AvgIpc) is 3.11. The molecule has 3 aromatic carbocycles. The lowest BCUT2D eigenvalue weighted by Crippen LogP contribution is -2.53. The highest BCUT2D eigenvalue weighted by atomic mass is 35.5. The molecule has 3 saturated heterocycles. The first-order chi connectivity index (χ1) is 24.1. The molecule has 2 bridgehead atoms. The van der Waals surface area contributed by atoms with E-state index in [1.165, 1.54) is 49.7 Å².